The molecular formula is C15H14F3N3O3S. The van der Waals surface area contributed by atoms with E-state index in [-0.39, 0.29) is 24.5 Å². The average molecular weight is 373 g/mol. The molecule has 0 aliphatic rings. The lowest BCUT2D eigenvalue weighted by atomic mass is 10.1. The molecule has 10 heteroatoms. The molecule has 0 saturated heterocycles. The lowest BCUT2D eigenvalue weighted by Crippen LogP contribution is -2.30. The summed E-state index contributed by atoms with van der Waals surface area (Å²) in [6, 6.07) is 4.41. The molecule has 2 amide bonds. The summed E-state index contributed by atoms with van der Waals surface area (Å²) in [4.78, 5) is 26.5. The molecule has 0 radical (unpaired) electrons. The lowest BCUT2D eigenvalue weighted by Gasteiger charge is -2.07. The van der Waals surface area contributed by atoms with Crippen molar-refractivity contribution in [3.63, 3.8) is 0 Å². The Balaban J connectivity index is 1.93. The molecule has 0 fully saturated rings. The van der Waals surface area contributed by atoms with Gasteiger partial charge in [0.15, 0.2) is 5.13 Å². The minimum absolute atomic E-state index is 0.0242. The second-order valence-corrected chi connectivity index (χ2v) is 6.15. The highest BCUT2D eigenvalue weighted by Gasteiger charge is 2.30. The fourth-order valence-corrected chi connectivity index (χ4v) is 2.77. The van der Waals surface area contributed by atoms with E-state index < -0.39 is 23.7 Å². The van der Waals surface area contributed by atoms with Crippen LogP contribution in [-0.4, -0.2) is 28.6 Å². The Hall–Kier alpha value is -2.62. The number of rotatable bonds is 6. The summed E-state index contributed by atoms with van der Waals surface area (Å²) < 4.78 is 38.1. The summed E-state index contributed by atoms with van der Waals surface area (Å²) in [6.45, 7) is -0.0242. The number of carbonyl (C=O) groups is 2. The third-order valence-electron chi connectivity index (χ3n) is 3.03. The van der Waals surface area contributed by atoms with Gasteiger partial charge in [-0.25, -0.2) is 9.78 Å². The van der Waals surface area contributed by atoms with E-state index in [9.17, 15) is 22.8 Å². The number of aromatic nitrogens is 1. The molecule has 2 rings (SSSR count). The smallest absolute Gasteiger partial charge is 0.416 e. The number of carboxylic acids is 1. The SMILES string of the molecule is O=C(O)CCNC(=O)Nc1ncc(Cc2cccc(C(F)(F)F)c2)s1. The van der Waals surface area contributed by atoms with Gasteiger partial charge >= 0.3 is 18.2 Å². The Labute approximate surface area is 144 Å². The first-order valence-corrected chi connectivity index (χ1v) is 7.93. The largest absolute Gasteiger partial charge is 0.481 e. The maximum absolute atomic E-state index is 12.7. The number of halogens is 3. The summed E-state index contributed by atoms with van der Waals surface area (Å²) in [5.41, 5.74) is -0.235. The van der Waals surface area contributed by atoms with Gasteiger partial charge in [-0.3, -0.25) is 10.1 Å². The van der Waals surface area contributed by atoms with E-state index in [4.69, 9.17) is 5.11 Å². The second kappa shape index (κ2) is 7.97. The van der Waals surface area contributed by atoms with Gasteiger partial charge in [-0.1, -0.05) is 18.2 Å². The highest BCUT2D eigenvalue weighted by molar-refractivity contribution is 7.15. The third-order valence-corrected chi connectivity index (χ3v) is 3.94. The molecule has 0 spiro atoms. The first-order valence-electron chi connectivity index (χ1n) is 7.11. The van der Waals surface area contributed by atoms with E-state index in [0.29, 0.717) is 10.4 Å². The van der Waals surface area contributed by atoms with Crippen LogP contribution in [0, 0.1) is 0 Å². The number of carbonyl (C=O) groups excluding carboxylic acids is 1. The Morgan fingerprint density at radius 2 is 2.04 bits per heavy atom. The lowest BCUT2D eigenvalue weighted by molar-refractivity contribution is -0.138. The summed E-state index contributed by atoms with van der Waals surface area (Å²) >= 11 is 1.13. The van der Waals surface area contributed by atoms with Crippen LogP contribution in [-0.2, 0) is 17.4 Å². The van der Waals surface area contributed by atoms with Gasteiger partial charge in [-0.15, -0.1) is 11.3 Å². The van der Waals surface area contributed by atoms with E-state index in [1.165, 1.54) is 12.3 Å². The van der Waals surface area contributed by atoms with Crippen molar-refractivity contribution in [3.8, 4) is 0 Å². The molecule has 3 N–H and O–H groups in total. The standard InChI is InChI=1S/C15H14F3N3O3S/c16-15(17,18)10-3-1-2-9(6-10)7-11-8-20-14(25-11)21-13(24)19-5-4-12(22)23/h1-3,6,8H,4-5,7H2,(H,22,23)(H2,19,20,21,24). The van der Waals surface area contributed by atoms with E-state index in [1.807, 2.05) is 0 Å². The van der Waals surface area contributed by atoms with Crippen LogP contribution in [0.3, 0.4) is 0 Å². The fourth-order valence-electron chi connectivity index (χ4n) is 1.93. The fraction of sp³-hybridized carbons (Fsp3) is 0.267. The zero-order chi connectivity index (χ0) is 18.4. The molecule has 6 nitrogen and oxygen atoms in total. The van der Waals surface area contributed by atoms with E-state index in [0.717, 1.165) is 23.5 Å². The number of alkyl halides is 3. The van der Waals surface area contributed by atoms with E-state index >= 15 is 0 Å². The van der Waals surface area contributed by atoms with Gasteiger partial charge in [0, 0.05) is 24.0 Å². The number of thiazole rings is 1. The first-order chi connectivity index (χ1) is 11.7. The Bertz CT molecular complexity index is 762. The zero-order valence-electron chi connectivity index (χ0n) is 12.8. The number of nitrogens with zero attached hydrogens (tertiary/aromatic N) is 1. The molecule has 1 aromatic heterocycles. The first kappa shape index (κ1) is 18.7. The molecule has 0 aliphatic heterocycles. The number of hydrogen-bond acceptors (Lipinski definition) is 4. The third kappa shape index (κ3) is 6.07. The van der Waals surface area contributed by atoms with Crippen molar-refractivity contribution in [3.05, 3.63) is 46.5 Å². The minimum Gasteiger partial charge on any atom is -0.481 e. The maximum Gasteiger partial charge on any atom is 0.416 e. The van der Waals surface area contributed by atoms with Gasteiger partial charge in [0.1, 0.15) is 0 Å². The zero-order valence-corrected chi connectivity index (χ0v) is 13.6. The van der Waals surface area contributed by atoms with Crippen LogP contribution in [0.1, 0.15) is 22.4 Å². The topological polar surface area (TPSA) is 91.3 Å². The van der Waals surface area contributed by atoms with Crippen molar-refractivity contribution in [1.82, 2.24) is 10.3 Å². The van der Waals surface area contributed by atoms with Gasteiger partial charge in [0.2, 0.25) is 0 Å². The summed E-state index contributed by atoms with van der Waals surface area (Å²) in [5.74, 6) is -1.03. The van der Waals surface area contributed by atoms with Crippen molar-refractivity contribution in [2.45, 2.75) is 19.0 Å². The van der Waals surface area contributed by atoms with Crippen molar-refractivity contribution in [1.29, 1.82) is 0 Å². The quantitative estimate of drug-likeness (QED) is 0.724. The molecule has 0 bridgehead atoms. The number of nitrogens with one attached hydrogen (secondary N) is 2. The molecule has 1 aromatic carbocycles. The van der Waals surface area contributed by atoms with Crippen LogP contribution < -0.4 is 10.6 Å². The molecule has 0 aliphatic carbocycles. The number of urea groups is 1. The molecular weight excluding hydrogens is 359 g/mol. The summed E-state index contributed by atoms with van der Waals surface area (Å²) in [6.07, 6.45) is -2.88. The van der Waals surface area contributed by atoms with Crippen molar-refractivity contribution in [2.24, 2.45) is 0 Å². The van der Waals surface area contributed by atoms with Crippen LogP contribution in [0.2, 0.25) is 0 Å². The van der Waals surface area contributed by atoms with Crippen LogP contribution >= 0.6 is 11.3 Å². The van der Waals surface area contributed by atoms with Crippen molar-refractivity contribution >= 4 is 28.5 Å². The number of aliphatic carboxylic acids is 1. The summed E-state index contributed by atoms with van der Waals surface area (Å²) in [5, 5.41) is 13.5. The predicted molar refractivity (Wildman–Crippen MR) is 85.6 cm³/mol. The Morgan fingerprint density at radius 3 is 2.72 bits per heavy atom. The normalized spacial score (nSPS) is 11.2. The van der Waals surface area contributed by atoms with Crippen molar-refractivity contribution < 1.29 is 27.9 Å². The average Bonchev–Trinajstić information content (AvgIpc) is 2.93. The van der Waals surface area contributed by atoms with Gasteiger partial charge in [-0.05, 0) is 11.6 Å². The van der Waals surface area contributed by atoms with E-state index in [1.54, 1.807) is 6.07 Å². The second-order valence-electron chi connectivity index (χ2n) is 5.03. The molecule has 0 unspecified atom stereocenters. The predicted octanol–water partition coefficient (Wildman–Crippen LogP) is 3.35. The molecule has 0 atom stereocenters. The van der Waals surface area contributed by atoms with Crippen molar-refractivity contribution in [2.75, 3.05) is 11.9 Å². The maximum atomic E-state index is 12.7. The minimum atomic E-state index is -4.40. The van der Waals surface area contributed by atoms with Gasteiger partial charge < -0.3 is 10.4 Å². The number of benzene rings is 1. The van der Waals surface area contributed by atoms with Gasteiger partial charge in [-0.2, -0.15) is 13.2 Å². The number of carboxylic acid groups (broad SMARTS) is 1. The molecule has 1 heterocycles. The monoisotopic (exact) mass is 373 g/mol. The van der Waals surface area contributed by atoms with E-state index in [2.05, 4.69) is 15.6 Å². The highest BCUT2D eigenvalue weighted by Crippen LogP contribution is 2.30. The van der Waals surface area contributed by atoms with Gasteiger partial charge in [0.05, 0.1) is 12.0 Å². The molecule has 2 aromatic rings. The summed E-state index contributed by atoms with van der Waals surface area (Å²) in [7, 11) is 0. The van der Waals surface area contributed by atoms with Crippen LogP contribution in [0.15, 0.2) is 30.5 Å². The number of hydrogen-bond donors (Lipinski definition) is 3. The van der Waals surface area contributed by atoms with Crippen LogP contribution in [0.5, 0.6) is 0 Å². The number of anilines is 1. The van der Waals surface area contributed by atoms with Crippen LogP contribution in [0.25, 0.3) is 0 Å². The number of amides is 2. The Kier molecular flexibility index (Phi) is 5.97. The highest BCUT2D eigenvalue weighted by atomic mass is 32.1. The van der Waals surface area contributed by atoms with Gasteiger partial charge in [0.25, 0.3) is 0 Å². The molecule has 134 valence electrons. The molecule has 25 heavy (non-hydrogen) atoms. The molecule has 0 saturated carbocycles. The van der Waals surface area contributed by atoms with Crippen LogP contribution in [0.4, 0.5) is 23.1 Å². The Morgan fingerprint density at radius 1 is 1.28 bits per heavy atom.